The van der Waals surface area contributed by atoms with E-state index in [-0.39, 0.29) is 18.0 Å². The van der Waals surface area contributed by atoms with Crippen LogP contribution in [0.5, 0.6) is 0 Å². The first-order valence-corrected chi connectivity index (χ1v) is 4.50. The quantitative estimate of drug-likeness (QED) is 0.634. The third-order valence-electron chi connectivity index (χ3n) is 2.16. The maximum atomic E-state index is 11.1. The Labute approximate surface area is 81.1 Å². The molecule has 0 radical (unpaired) electrons. The summed E-state index contributed by atoms with van der Waals surface area (Å²) in [6, 6.07) is -0.301. The van der Waals surface area contributed by atoms with E-state index in [2.05, 4.69) is 20.8 Å². The van der Waals surface area contributed by atoms with Gasteiger partial charge in [-0.25, -0.2) is 0 Å². The Morgan fingerprint density at radius 3 is 2.86 bits per heavy atom. The molecule has 1 fully saturated rings. The summed E-state index contributed by atoms with van der Waals surface area (Å²) in [5.41, 5.74) is 0. The molecule has 1 aromatic heterocycles. The van der Waals surface area contributed by atoms with E-state index in [1.807, 2.05) is 0 Å². The summed E-state index contributed by atoms with van der Waals surface area (Å²) in [5.74, 6) is 1.05. The molecule has 0 spiro atoms. The highest BCUT2D eigenvalue weighted by molar-refractivity contribution is 5.82. The predicted molar refractivity (Wildman–Crippen MR) is 47.4 cm³/mol. The molecule has 2 heterocycles. The number of nitrogens with one attached hydrogen (secondary N) is 2. The molecule has 0 aromatic carbocycles. The highest BCUT2D eigenvalue weighted by Gasteiger charge is 2.28. The second-order valence-corrected chi connectivity index (χ2v) is 3.35. The van der Waals surface area contributed by atoms with E-state index >= 15 is 0 Å². The van der Waals surface area contributed by atoms with Crippen LogP contribution in [-0.2, 0) is 4.79 Å². The molecule has 1 unspecified atom stereocenters. The Balaban J connectivity index is 2.10. The third-order valence-corrected chi connectivity index (χ3v) is 2.16. The van der Waals surface area contributed by atoms with Crippen molar-refractivity contribution in [1.29, 1.82) is 0 Å². The maximum absolute atomic E-state index is 11.1. The van der Waals surface area contributed by atoms with Crippen LogP contribution in [-0.4, -0.2) is 28.7 Å². The summed E-state index contributed by atoms with van der Waals surface area (Å²) in [5, 5.41) is 13.5. The van der Waals surface area contributed by atoms with E-state index in [0.717, 1.165) is 0 Å². The molecule has 1 saturated heterocycles. The number of carbonyl (C=O) groups is 1. The zero-order valence-electron chi connectivity index (χ0n) is 8.07. The molecule has 2 N–H and O–H groups in total. The first-order valence-electron chi connectivity index (χ1n) is 4.50. The molecule has 6 heteroatoms. The third kappa shape index (κ3) is 1.60. The lowest BCUT2D eigenvalue weighted by atomic mass is 10.1. The van der Waals surface area contributed by atoms with E-state index in [1.54, 1.807) is 13.8 Å². The van der Waals surface area contributed by atoms with Crippen molar-refractivity contribution in [2.24, 2.45) is 0 Å². The molecule has 76 valence electrons. The maximum Gasteiger partial charge on any atom is 0.236 e. The minimum atomic E-state index is -0.221. The van der Waals surface area contributed by atoms with Gasteiger partial charge in [0.1, 0.15) is 6.04 Å². The molecule has 0 bridgehead atoms. The van der Waals surface area contributed by atoms with E-state index in [1.165, 1.54) is 0 Å². The first-order chi connectivity index (χ1) is 6.66. The van der Waals surface area contributed by atoms with E-state index in [4.69, 9.17) is 4.42 Å². The molecule has 0 saturated carbocycles. The fourth-order valence-corrected chi connectivity index (χ4v) is 1.40. The van der Waals surface area contributed by atoms with Gasteiger partial charge in [-0.3, -0.25) is 10.1 Å². The van der Waals surface area contributed by atoms with E-state index < -0.39 is 0 Å². The number of rotatable bonds is 1. The summed E-state index contributed by atoms with van der Waals surface area (Å²) in [4.78, 5) is 11.1. The van der Waals surface area contributed by atoms with Crippen molar-refractivity contribution in [1.82, 2.24) is 20.8 Å². The van der Waals surface area contributed by atoms with Crippen molar-refractivity contribution < 1.29 is 9.21 Å². The van der Waals surface area contributed by atoms with Crippen molar-refractivity contribution in [3.05, 3.63) is 11.8 Å². The highest BCUT2D eigenvalue weighted by Crippen LogP contribution is 2.13. The van der Waals surface area contributed by atoms with Gasteiger partial charge in [-0.2, -0.15) is 0 Å². The summed E-state index contributed by atoms with van der Waals surface area (Å²) >= 11 is 0. The number of amides is 1. The van der Waals surface area contributed by atoms with Crippen molar-refractivity contribution >= 4 is 5.91 Å². The molecule has 2 atom stereocenters. The largest absolute Gasteiger partial charge is 0.424 e. The fourth-order valence-electron chi connectivity index (χ4n) is 1.40. The van der Waals surface area contributed by atoms with Crippen LogP contribution in [0.4, 0.5) is 0 Å². The standard InChI is InChI=1S/C8H12N4O2/c1-4-7(13)9-3-6(10-4)8-12-11-5(2)14-8/h4,6,10H,3H2,1-2H3,(H,9,13)/t4-,6?/m0/s1. The number of carbonyl (C=O) groups excluding carboxylic acids is 1. The van der Waals surface area contributed by atoms with Crippen LogP contribution in [0, 0.1) is 6.92 Å². The zero-order chi connectivity index (χ0) is 10.1. The molecule has 6 nitrogen and oxygen atoms in total. The summed E-state index contributed by atoms with van der Waals surface area (Å²) in [6.45, 7) is 4.02. The first kappa shape index (κ1) is 9.14. The van der Waals surface area contributed by atoms with Gasteiger partial charge < -0.3 is 9.73 Å². The van der Waals surface area contributed by atoms with E-state index in [9.17, 15) is 4.79 Å². The van der Waals surface area contributed by atoms with Crippen LogP contribution in [0.2, 0.25) is 0 Å². The number of nitrogens with zero attached hydrogens (tertiary/aromatic N) is 2. The lowest BCUT2D eigenvalue weighted by Gasteiger charge is -2.26. The van der Waals surface area contributed by atoms with Gasteiger partial charge >= 0.3 is 0 Å². The zero-order valence-corrected chi connectivity index (χ0v) is 8.07. The molecule has 2 rings (SSSR count). The van der Waals surface area contributed by atoms with Crippen molar-refractivity contribution in [3.63, 3.8) is 0 Å². The summed E-state index contributed by atoms with van der Waals surface area (Å²) in [6.07, 6.45) is 0. The Kier molecular flexibility index (Phi) is 2.20. The number of piperazine rings is 1. The number of hydrogen-bond acceptors (Lipinski definition) is 5. The molecule has 1 aliphatic rings. The molecule has 0 aliphatic carbocycles. The van der Waals surface area contributed by atoms with Crippen molar-refractivity contribution in [3.8, 4) is 0 Å². The smallest absolute Gasteiger partial charge is 0.236 e. The molecule has 1 amide bonds. The topological polar surface area (TPSA) is 80.0 Å². The Bertz CT molecular complexity index is 349. The average Bonchev–Trinajstić information content (AvgIpc) is 2.57. The molecular formula is C8H12N4O2. The molecule has 1 aliphatic heterocycles. The van der Waals surface area contributed by atoms with Crippen LogP contribution in [0.1, 0.15) is 24.7 Å². The normalized spacial score (nSPS) is 27.4. The number of aromatic nitrogens is 2. The minimum Gasteiger partial charge on any atom is -0.424 e. The minimum absolute atomic E-state index is 0.00233. The summed E-state index contributed by atoms with van der Waals surface area (Å²) < 4.78 is 5.27. The Morgan fingerprint density at radius 1 is 1.50 bits per heavy atom. The second-order valence-electron chi connectivity index (χ2n) is 3.35. The number of aryl methyl sites for hydroxylation is 1. The van der Waals surface area contributed by atoms with Crippen LogP contribution < -0.4 is 10.6 Å². The van der Waals surface area contributed by atoms with Crippen molar-refractivity contribution in [2.45, 2.75) is 25.9 Å². The Morgan fingerprint density at radius 2 is 2.29 bits per heavy atom. The van der Waals surface area contributed by atoms with Gasteiger partial charge in [0.05, 0.1) is 6.04 Å². The van der Waals surface area contributed by atoms with Crippen LogP contribution in [0.25, 0.3) is 0 Å². The van der Waals surface area contributed by atoms with Crippen LogP contribution in [0.15, 0.2) is 4.42 Å². The van der Waals surface area contributed by atoms with Crippen molar-refractivity contribution in [2.75, 3.05) is 6.54 Å². The van der Waals surface area contributed by atoms with Gasteiger partial charge in [-0.15, -0.1) is 10.2 Å². The van der Waals surface area contributed by atoms with Gasteiger partial charge in [0.2, 0.25) is 17.7 Å². The molecular weight excluding hydrogens is 184 g/mol. The SMILES string of the molecule is Cc1nnc(C2CNC(=O)[C@H](C)N2)o1. The summed E-state index contributed by atoms with van der Waals surface area (Å²) in [7, 11) is 0. The van der Waals surface area contributed by atoms with E-state index in [0.29, 0.717) is 18.3 Å². The molecule has 1 aromatic rings. The Hall–Kier alpha value is -1.43. The van der Waals surface area contributed by atoms with Gasteiger partial charge in [0.15, 0.2) is 0 Å². The molecule has 14 heavy (non-hydrogen) atoms. The second kappa shape index (κ2) is 3.38. The van der Waals surface area contributed by atoms with Crippen LogP contribution >= 0.6 is 0 Å². The lowest BCUT2D eigenvalue weighted by molar-refractivity contribution is -0.124. The lowest BCUT2D eigenvalue weighted by Crippen LogP contribution is -2.53. The average molecular weight is 196 g/mol. The van der Waals surface area contributed by atoms with Gasteiger partial charge in [0.25, 0.3) is 0 Å². The monoisotopic (exact) mass is 196 g/mol. The van der Waals surface area contributed by atoms with Gasteiger partial charge in [-0.1, -0.05) is 0 Å². The predicted octanol–water partition coefficient (Wildman–Crippen LogP) is -0.473. The van der Waals surface area contributed by atoms with Crippen LogP contribution in [0.3, 0.4) is 0 Å². The highest BCUT2D eigenvalue weighted by atomic mass is 16.4. The van der Waals surface area contributed by atoms with Gasteiger partial charge in [0, 0.05) is 13.5 Å². The fraction of sp³-hybridized carbons (Fsp3) is 0.625. The van der Waals surface area contributed by atoms with Gasteiger partial charge in [-0.05, 0) is 6.92 Å². The number of hydrogen-bond donors (Lipinski definition) is 2.